The van der Waals surface area contributed by atoms with Gasteiger partial charge in [-0.2, -0.15) is 0 Å². The number of hydrogen-bond acceptors (Lipinski definition) is 4. The van der Waals surface area contributed by atoms with Crippen LogP contribution < -0.4 is 0 Å². The van der Waals surface area contributed by atoms with Crippen molar-refractivity contribution in [1.82, 2.24) is 9.80 Å². The third-order valence-corrected chi connectivity index (χ3v) is 5.17. The van der Waals surface area contributed by atoms with E-state index in [-0.39, 0.29) is 17.7 Å². The van der Waals surface area contributed by atoms with E-state index in [9.17, 15) is 9.59 Å². The highest BCUT2D eigenvalue weighted by Gasteiger charge is 2.37. The maximum Gasteiger partial charge on any atom is 0.264 e. The Kier molecular flexibility index (Phi) is 3.38. The average Bonchev–Trinajstić information content (AvgIpc) is 2.88. The molecular weight excluding hydrogens is 272 g/mol. The number of carbonyl (C=O) groups excluding carboxylic acids is 2. The Balaban J connectivity index is 1.78. The average molecular weight is 290 g/mol. The lowest BCUT2D eigenvalue weighted by atomic mass is 9.96. The van der Waals surface area contributed by atoms with E-state index in [1.165, 1.54) is 11.3 Å². The predicted octanol–water partition coefficient (Wildman–Crippen LogP) is 2.06. The quantitative estimate of drug-likeness (QED) is 0.795. The van der Waals surface area contributed by atoms with E-state index in [0.717, 1.165) is 22.6 Å². The van der Waals surface area contributed by atoms with Gasteiger partial charge in [-0.1, -0.05) is 6.58 Å². The standard InChI is InChI=1S/C15H18N2O2S/c1-10-5-8-20-14(10)15(19)16-6-7-17-11(2)3-4-13(18)12(17)9-16/h5,8,12H,2-4,6-7,9H2,1H3. The van der Waals surface area contributed by atoms with Crippen LogP contribution >= 0.6 is 11.3 Å². The van der Waals surface area contributed by atoms with Crippen LogP contribution in [0.1, 0.15) is 28.1 Å². The Bertz CT molecular complexity index is 578. The van der Waals surface area contributed by atoms with E-state index in [2.05, 4.69) is 11.5 Å². The zero-order valence-corrected chi connectivity index (χ0v) is 12.4. The Morgan fingerprint density at radius 2 is 2.20 bits per heavy atom. The monoisotopic (exact) mass is 290 g/mol. The van der Waals surface area contributed by atoms with Gasteiger partial charge < -0.3 is 9.80 Å². The number of ketones is 1. The number of aryl methyl sites for hydroxylation is 1. The van der Waals surface area contributed by atoms with E-state index in [4.69, 9.17) is 0 Å². The summed E-state index contributed by atoms with van der Waals surface area (Å²) >= 11 is 1.47. The first-order valence-corrected chi connectivity index (χ1v) is 7.76. The number of hydrogen-bond donors (Lipinski definition) is 0. The lowest BCUT2D eigenvalue weighted by Crippen LogP contribution is -2.58. The van der Waals surface area contributed by atoms with Crippen LogP contribution in [-0.2, 0) is 4.79 Å². The zero-order chi connectivity index (χ0) is 14.3. The summed E-state index contributed by atoms with van der Waals surface area (Å²) in [6.45, 7) is 7.86. The van der Waals surface area contributed by atoms with Crippen LogP contribution in [-0.4, -0.2) is 47.2 Å². The molecule has 0 radical (unpaired) electrons. The van der Waals surface area contributed by atoms with Gasteiger partial charge in [0.05, 0.1) is 4.88 Å². The largest absolute Gasteiger partial charge is 0.362 e. The number of fused-ring (bicyclic) bond motifs is 1. The molecule has 0 bridgehead atoms. The van der Waals surface area contributed by atoms with Crippen LogP contribution in [0, 0.1) is 6.92 Å². The third kappa shape index (κ3) is 2.16. The number of rotatable bonds is 1. The van der Waals surface area contributed by atoms with E-state index >= 15 is 0 Å². The fourth-order valence-corrected chi connectivity index (χ4v) is 3.83. The van der Waals surface area contributed by atoms with Crippen molar-refractivity contribution in [2.75, 3.05) is 19.6 Å². The van der Waals surface area contributed by atoms with Crippen molar-refractivity contribution >= 4 is 23.0 Å². The molecule has 2 aliphatic rings. The molecule has 106 valence electrons. The second-order valence-electron chi connectivity index (χ2n) is 5.43. The van der Waals surface area contributed by atoms with Gasteiger partial charge in [-0.25, -0.2) is 0 Å². The molecule has 1 atom stereocenters. The molecule has 1 aromatic heterocycles. The molecule has 20 heavy (non-hydrogen) atoms. The van der Waals surface area contributed by atoms with Crippen LogP contribution in [0.5, 0.6) is 0 Å². The van der Waals surface area contributed by atoms with Gasteiger partial charge in [0.2, 0.25) is 0 Å². The first kappa shape index (κ1) is 13.4. The molecule has 0 aliphatic carbocycles. The van der Waals surface area contributed by atoms with Crippen molar-refractivity contribution in [1.29, 1.82) is 0 Å². The summed E-state index contributed by atoms with van der Waals surface area (Å²) in [5, 5.41) is 1.94. The van der Waals surface area contributed by atoms with Gasteiger partial charge in [0, 0.05) is 31.8 Å². The summed E-state index contributed by atoms with van der Waals surface area (Å²) < 4.78 is 0. The van der Waals surface area contributed by atoms with E-state index < -0.39 is 0 Å². The highest BCUT2D eigenvalue weighted by atomic mass is 32.1. The van der Waals surface area contributed by atoms with Crippen LogP contribution in [0.3, 0.4) is 0 Å². The highest BCUT2D eigenvalue weighted by molar-refractivity contribution is 7.12. The van der Waals surface area contributed by atoms with Crippen molar-refractivity contribution in [3.8, 4) is 0 Å². The van der Waals surface area contributed by atoms with Crippen LogP contribution in [0.2, 0.25) is 0 Å². The Labute approximate surface area is 122 Å². The van der Waals surface area contributed by atoms with Crippen LogP contribution in [0.4, 0.5) is 0 Å². The third-order valence-electron chi connectivity index (χ3n) is 4.16. The molecule has 0 spiro atoms. The first-order chi connectivity index (χ1) is 9.58. The number of thiophene rings is 1. The SMILES string of the molecule is C=C1CCC(=O)C2CN(C(=O)c3sccc3C)CCN12. The number of piperazine rings is 1. The molecule has 0 saturated carbocycles. The molecule has 3 heterocycles. The number of piperidine rings is 1. The molecule has 3 rings (SSSR count). The van der Waals surface area contributed by atoms with E-state index in [1.807, 2.05) is 23.3 Å². The van der Waals surface area contributed by atoms with Gasteiger partial charge in [0.1, 0.15) is 6.04 Å². The number of carbonyl (C=O) groups is 2. The second-order valence-corrected chi connectivity index (χ2v) is 6.34. The second kappa shape index (κ2) is 5.05. The van der Waals surface area contributed by atoms with Gasteiger partial charge in [0.25, 0.3) is 5.91 Å². The van der Waals surface area contributed by atoms with Crippen molar-refractivity contribution in [2.24, 2.45) is 0 Å². The summed E-state index contributed by atoms with van der Waals surface area (Å²) in [6.07, 6.45) is 1.31. The summed E-state index contributed by atoms with van der Waals surface area (Å²) in [4.78, 5) is 29.3. The van der Waals surface area contributed by atoms with Gasteiger partial charge in [0.15, 0.2) is 5.78 Å². The van der Waals surface area contributed by atoms with Crippen LogP contribution in [0.25, 0.3) is 0 Å². The molecule has 2 fully saturated rings. The molecule has 1 unspecified atom stereocenters. The smallest absolute Gasteiger partial charge is 0.264 e. The van der Waals surface area contributed by atoms with Crippen molar-refractivity contribution in [3.05, 3.63) is 34.2 Å². The van der Waals surface area contributed by atoms with Gasteiger partial charge in [-0.3, -0.25) is 9.59 Å². The molecule has 0 N–H and O–H groups in total. The van der Waals surface area contributed by atoms with Gasteiger partial charge in [-0.15, -0.1) is 11.3 Å². The topological polar surface area (TPSA) is 40.6 Å². The summed E-state index contributed by atoms with van der Waals surface area (Å²) in [5.41, 5.74) is 2.05. The molecule has 2 saturated heterocycles. The Morgan fingerprint density at radius 3 is 2.90 bits per heavy atom. The van der Waals surface area contributed by atoms with E-state index in [1.54, 1.807) is 0 Å². The van der Waals surface area contributed by atoms with E-state index in [0.29, 0.717) is 26.1 Å². The summed E-state index contributed by atoms with van der Waals surface area (Å²) in [6, 6.07) is 1.77. The highest BCUT2D eigenvalue weighted by Crippen LogP contribution is 2.27. The zero-order valence-electron chi connectivity index (χ0n) is 11.6. The summed E-state index contributed by atoms with van der Waals surface area (Å²) in [7, 11) is 0. The molecule has 5 heteroatoms. The molecule has 1 amide bonds. The Morgan fingerprint density at radius 1 is 1.40 bits per heavy atom. The van der Waals surface area contributed by atoms with Crippen molar-refractivity contribution < 1.29 is 9.59 Å². The predicted molar refractivity (Wildman–Crippen MR) is 78.8 cm³/mol. The minimum absolute atomic E-state index is 0.0566. The minimum atomic E-state index is -0.186. The maximum absolute atomic E-state index is 12.5. The fraction of sp³-hybridized carbons (Fsp3) is 0.467. The number of nitrogens with zero attached hydrogens (tertiary/aromatic N) is 2. The summed E-state index contributed by atoms with van der Waals surface area (Å²) in [5.74, 6) is 0.291. The normalized spacial score (nSPS) is 22.9. The lowest BCUT2D eigenvalue weighted by molar-refractivity contribution is -0.127. The number of allylic oxidation sites excluding steroid dienone is 1. The first-order valence-electron chi connectivity index (χ1n) is 6.88. The molecule has 0 aromatic carbocycles. The number of amides is 1. The maximum atomic E-state index is 12.5. The lowest BCUT2D eigenvalue weighted by Gasteiger charge is -2.45. The molecule has 4 nitrogen and oxygen atoms in total. The molecule has 1 aromatic rings. The minimum Gasteiger partial charge on any atom is -0.362 e. The van der Waals surface area contributed by atoms with Crippen molar-refractivity contribution in [2.45, 2.75) is 25.8 Å². The van der Waals surface area contributed by atoms with Crippen LogP contribution in [0.15, 0.2) is 23.7 Å². The Hall–Kier alpha value is -1.62. The van der Waals surface area contributed by atoms with Gasteiger partial charge >= 0.3 is 0 Å². The van der Waals surface area contributed by atoms with Crippen molar-refractivity contribution in [3.63, 3.8) is 0 Å². The molecular formula is C15H18N2O2S. The molecule has 2 aliphatic heterocycles. The van der Waals surface area contributed by atoms with Gasteiger partial charge in [-0.05, 0) is 30.4 Å². The number of Topliss-reactive ketones (excluding diaryl/α,β-unsaturated/α-hetero) is 1. The fourth-order valence-electron chi connectivity index (χ4n) is 2.93.